The molecule has 3 fully saturated rings. The molecule has 3 saturated carbocycles. The number of ketones is 1. The van der Waals surface area contributed by atoms with Crippen LogP contribution in [0.3, 0.4) is 0 Å². The van der Waals surface area contributed by atoms with Gasteiger partial charge in [0, 0.05) is 19.3 Å². The number of ether oxygens (including phenoxy) is 1. The molecule has 4 nitrogen and oxygen atoms in total. The zero-order chi connectivity index (χ0) is 20.3. The van der Waals surface area contributed by atoms with Crippen LogP contribution in [-0.4, -0.2) is 24.1 Å². The number of Topliss-reactive ketones (excluding diaryl/α,β-unsaturated/α-hetero) is 1. The van der Waals surface area contributed by atoms with Crippen molar-refractivity contribution in [2.24, 2.45) is 34.5 Å². The Morgan fingerprint density at radius 2 is 1.75 bits per heavy atom. The van der Waals surface area contributed by atoms with Gasteiger partial charge in [0.25, 0.3) is 0 Å². The molecule has 28 heavy (non-hydrogen) atoms. The van der Waals surface area contributed by atoms with Crippen molar-refractivity contribution in [2.75, 3.05) is 0 Å². The molecule has 7 atom stereocenters. The van der Waals surface area contributed by atoms with Gasteiger partial charge in [-0.1, -0.05) is 19.4 Å². The van der Waals surface area contributed by atoms with Gasteiger partial charge in [-0.05, 0) is 86.0 Å². The number of carbonyl (C=O) groups is 3. The third-order valence-electron chi connectivity index (χ3n) is 9.17. The first-order valence-electron chi connectivity index (χ1n) is 11.1. The second-order valence-electron chi connectivity index (χ2n) is 10.4. The molecule has 0 aromatic heterocycles. The van der Waals surface area contributed by atoms with Gasteiger partial charge in [0.2, 0.25) is 0 Å². The van der Waals surface area contributed by atoms with Crippen LogP contribution >= 0.6 is 0 Å². The molecule has 0 saturated heterocycles. The highest BCUT2D eigenvalue weighted by Crippen LogP contribution is 2.67. The van der Waals surface area contributed by atoms with Gasteiger partial charge >= 0.3 is 5.97 Å². The van der Waals surface area contributed by atoms with E-state index < -0.39 is 0 Å². The molecule has 0 N–H and O–H groups in total. The molecule has 0 aliphatic heterocycles. The maximum Gasteiger partial charge on any atom is 0.302 e. The van der Waals surface area contributed by atoms with Crippen LogP contribution < -0.4 is 0 Å². The van der Waals surface area contributed by atoms with Gasteiger partial charge in [0.05, 0.1) is 0 Å². The average Bonchev–Trinajstić information content (AvgIpc) is 2.98. The first-order valence-corrected chi connectivity index (χ1v) is 11.1. The molecule has 4 aliphatic carbocycles. The fourth-order valence-electron chi connectivity index (χ4n) is 7.94. The topological polar surface area (TPSA) is 60.4 Å². The minimum atomic E-state index is -0.231. The first kappa shape index (κ1) is 19.8. The molecule has 0 spiro atoms. The molecule has 0 heterocycles. The maximum absolute atomic E-state index is 12.3. The van der Waals surface area contributed by atoms with Crippen LogP contribution in [0.2, 0.25) is 0 Å². The summed E-state index contributed by atoms with van der Waals surface area (Å²) in [6, 6.07) is 0. The van der Waals surface area contributed by atoms with Gasteiger partial charge in [0.15, 0.2) is 0 Å². The lowest BCUT2D eigenvalue weighted by molar-refractivity contribution is -0.149. The van der Waals surface area contributed by atoms with Crippen LogP contribution in [0.5, 0.6) is 0 Å². The number of hydrogen-bond donors (Lipinski definition) is 0. The highest BCUT2D eigenvalue weighted by molar-refractivity contribution is 5.80. The van der Waals surface area contributed by atoms with E-state index in [0.29, 0.717) is 30.0 Å². The SMILES string of the molecule is CC(=O)O[C@H]1CC[C@@]2(C)C(=C(C=O)C[C@H]3[C@@H]4CC[C@H](C(C)=O)[C@@]4(C)CC[C@@H]32)C1. The minimum Gasteiger partial charge on any atom is -0.462 e. The summed E-state index contributed by atoms with van der Waals surface area (Å²) in [6.45, 7) is 7.92. The molecule has 4 rings (SSSR count). The van der Waals surface area contributed by atoms with E-state index in [-0.39, 0.29) is 28.8 Å². The van der Waals surface area contributed by atoms with Gasteiger partial charge in [-0.25, -0.2) is 0 Å². The molecule has 0 aromatic carbocycles. The molecular weight excluding hydrogens is 352 g/mol. The van der Waals surface area contributed by atoms with Crippen molar-refractivity contribution >= 4 is 18.0 Å². The van der Waals surface area contributed by atoms with E-state index in [1.54, 1.807) is 6.92 Å². The smallest absolute Gasteiger partial charge is 0.302 e. The van der Waals surface area contributed by atoms with Crippen molar-refractivity contribution < 1.29 is 19.1 Å². The van der Waals surface area contributed by atoms with E-state index in [0.717, 1.165) is 56.8 Å². The summed E-state index contributed by atoms with van der Waals surface area (Å²) in [7, 11) is 0. The van der Waals surface area contributed by atoms with E-state index in [2.05, 4.69) is 13.8 Å². The van der Waals surface area contributed by atoms with Crippen LogP contribution in [0.25, 0.3) is 0 Å². The molecule has 0 unspecified atom stereocenters. The summed E-state index contributed by atoms with van der Waals surface area (Å²) < 4.78 is 5.51. The molecule has 154 valence electrons. The van der Waals surface area contributed by atoms with E-state index >= 15 is 0 Å². The molecular formula is C24H34O4. The normalized spacial score (nSPS) is 44.9. The highest BCUT2D eigenvalue weighted by atomic mass is 16.5. The quantitative estimate of drug-likeness (QED) is 0.523. The second kappa shape index (κ2) is 6.81. The lowest BCUT2D eigenvalue weighted by Crippen LogP contribution is -2.52. The summed E-state index contributed by atoms with van der Waals surface area (Å²) in [6.07, 6.45) is 8.81. The van der Waals surface area contributed by atoms with Gasteiger partial charge in [-0.2, -0.15) is 0 Å². The molecule has 0 bridgehead atoms. The number of fused-ring (bicyclic) bond motifs is 5. The van der Waals surface area contributed by atoms with Crippen LogP contribution in [0.1, 0.15) is 79.1 Å². The zero-order valence-electron chi connectivity index (χ0n) is 17.8. The molecule has 4 heteroatoms. The number of rotatable bonds is 3. The molecule has 0 aromatic rings. The lowest BCUT2D eigenvalue weighted by atomic mass is 9.46. The Kier molecular flexibility index (Phi) is 4.83. The van der Waals surface area contributed by atoms with E-state index in [1.807, 2.05) is 0 Å². The van der Waals surface area contributed by atoms with Crippen molar-refractivity contribution in [3.63, 3.8) is 0 Å². The Labute approximate surface area is 168 Å². The largest absolute Gasteiger partial charge is 0.462 e. The Morgan fingerprint density at radius 3 is 2.39 bits per heavy atom. The molecule has 0 amide bonds. The van der Waals surface area contributed by atoms with Gasteiger partial charge in [-0.15, -0.1) is 0 Å². The zero-order valence-corrected chi connectivity index (χ0v) is 17.8. The second-order valence-corrected chi connectivity index (χ2v) is 10.4. The third-order valence-corrected chi connectivity index (χ3v) is 9.17. The van der Waals surface area contributed by atoms with Crippen molar-refractivity contribution in [3.05, 3.63) is 11.1 Å². The van der Waals surface area contributed by atoms with Crippen molar-refractivity contribution in [2.45, 2.75) is 85.2 Å². The first-order chi connectivity index (χ1) is 13.2. The highest BCUT2D eigenvalue weighted by Gasteiger charge is 2.60. The summed E-state index contributed by atoms with van der Waals surface area (Å²) in [5.41, 5.74) is 2.34. The van der Waals surface area contributed by atoms with Crippen LogP contribution in [-0.2, 0) is 19.1 Å². The summed E-state index contributed by atoms with van der Waals surface area (Å²) in [4.78, 5) is 35.8. The Morgan fingerprint density at radius 1 is 1.00 bits per heavy atom. The molecule has 4 aliphatic rings. The van der Waals surface area contributed by atoms with Crippen molar-refractivity contribution in [1.29, 1.82) is 0 Å². The number of carbonyl (C=O) groups excluding carboxylic acids is 3. The van der Waals surface area contributed by atoms with Gasteiger partial charge < -0.3 is 4.74 Å². The predicted octanol–water partition coefficient (Wildman–Crippen LogP) is 4.66. The van der Waals surface area contributed by atoms with E-state index in [1.165, 1.54) is 12.5 Å². The van der Waals surface area contributed by atoms with Crippen molar-refractivity contribution in [3.8, 4) is 0 Å². The summed E-state index contributed by atoms with van der Waals surface area (Å²) >= 11 is 0. The van der Waals surface area contributed by atoms with Gasteiger partial charge in [0.1, 0.15) is 18.2 Å². The average molecular weight is 387 g/mol. The van der Waals surface area contributed by atoms with E-state index in [4.69, 9.17) is 4.74 Å². The number of hydrogen-bond acceptors (Lipinski definition) is 4. The lowest BCUT2D eigenvalue weighted by Gasteiger charge is -2.58. The van der Waals surface area contributed by atoms with Crippen LogP contribution in [0.15, 0.2) is 11.1 Å². The number of aldehydes is 1. The Balaban J connectivity index is 1.68. The van der Waals surface area contributed by atoms with Crippen LogP contribution in [0, 0.1) is 34.5 Å². The molecule has 0 radical (unpaired) electrons. The fourth-order valence-corrected chi connectivity index (χ4v) is 7.94. The van der Waals surface area contributed by atoms with Crippen molar-refractivity contribution in [1.82, 2.24) is 0 Å². The van der Waals surface area contributed by atoms with E-state index in [9.17, 15) is 14.4 Å². The Hall–Kier alpha value is -1.45. The fraction of sp³-hybridized carbons (Fsp3) is 0.792. The number of esters is 1. The van der Waals surface area contributed by atoms with Gasteiger partial charge in [-0.3, -0.25) is 14.4 Å². The summed E-state index contributed by atoms with van der Waals surface area (Å²) in [5, 5.41) is 0. The minimum absolute atomic E-state index is 0.0332. The number of allylic oxidation sites excluding steroid dienone is 1. The Bertz CT molecular complexity index is 737. The van der Waals surface area contributed by atoms with Crippen LogP contribution in [0.4, 0.5) is 0 Å². The summed E-state index contributed by atoms with van der Waals surface area (Å²) in [5.74, 6) is 1.93. The maximum atomic E-state index is 12.3. The monoisotopic (exact) mass is 386 g/mol. The standard InChI is InChI=1S/C24H34O4/c1-14(26)19-5-6-20-18-11-16(13-25)22-12-17(28-15(2)27)7-9-24(22,4)21(18)8-10-23(19,20)3/h13,17-21H,5-12H2,1-4H3/t17-,18-,19+,20-,21-,23+,24+/m0/s1. The predicted molar refractivity (Wildman–Crippen MR) is 106 cm³/mol. The third kappa shape index (κ3) is 2.81.